The Bertz CT molecular complexity index is 1300. The van der Waals surface area contributed by atoms with Crippen LogP contribution in [0.15, 0.2) is 64.3 Å². The minimum absolute atomic E-state index is 0.526. The van der Waals surface area contributed by atoms with Crippen molar-refractivity contribution in [1.29, 1.82) is 0 Å². The first-order valence-corrected chi connectivity index (χ1v) is 10.2. The van der Waals surface area contributed by atoms with E-state index in [1.54, 1.807) is 6.92 Å². The lowest BCUT2D eigenvalue weighted by Crippen LogP contribution is -2.00. The Kier molecular flexibility index (Phi) is 4.40. The summed E-state index contributed by atoms with van der Waals surface area (Å²) in [6, 6.07) is 16.5. The van der Waals surface area contributed by atoms with Crippen LogP contribution in [-0.2, 0) is 5.75 Å². The molecule has 7 nitrogen and oxygen atoms in total. The maximum atomic E-state index is 5.50. The Morgan fingerprint density at radius 2 is 1.90 bits per heavy atom. The van der Waals surface area contributed by atoms with Gasteiger partial charge in [0.2, 0.25) is 11.8 Å². The van der Waals surface area contributed by atoms with E-state index in [1.807, 2.05) is 24.4 Å². The van der Waals surface area contributed by atoms with Gasteiger partial charge in [0.05, 0.1) is 5.75 Å². The van der Waals surface area contributed by atoms with Gasteiger partial charge in [-0.15, -0.1) is 20.4 Å². The number of aromatic amines is 1. The second-order valence-electron chi connectivity index (χ2n) is 6.73. The molecule has 0 saturated heterocycles. The largest absolute Gasteiger partial charge is 0.425 e. The van der Waals surface area contributed by atoms with E-state index in [2.05, 4.69) is 67.2 Å². The molecular weight excluding hydrogens is 384 g/mol. The summed E-state index contributed by atoms with van der Waals surface area (Å²) in [5.41, 5.74) is 4.26. The van der Waals surface area contributed by atoms with E-state index < -0.39 is 0 Å². The zero-order chi connectivity index (χ0) is 19.8. The second kappa shape index (κ2) is 7.21. The zero-order valence-corrected chi connectivity index (χ0v) is 16.8. The summed E-state index contributed by atoms with van der Waals surface area (Å²) in [6.45, 7) is 3.86. The number of nitrogens with one attached hydrogen (secondary N) is 1. The number of nitrogens with zero attached hydrogens (tertiary/aromatic N) is 5. The van der Waals surface area contributed by atoms with Crippen molar-refractivity contribution in [3.05, 3.63) is 72.1 Å². The first-order chi connectivity index (χ1) is 14.2. The third-order valence-electron chi connectivity index (χ3n) is 4.62. The van der Waals surface area contributed by atoms with Gasteiger partial charge < -0.3 is 9.40 Å². The number of hydrogen-bond donors (Lipinski definition) is 1. The topological polar surface area (TPSA) is 85.4 Å². The first kappa shape index (κ1) is 17.7. The third-order valence-corrected chi connectivity index (χ3v) is 5.53. The average molecular weight is 402 g/mol. The number of aryl methyl sites for hydroxylation is 2. The lowest BCUT2D eigenvalue weighted by molar-refractivity contribution is 0.485. The van der Waals surface area contributed by atoms with Gasteiger partial charge in [0.25, 0.3) is 0 Å². The molecule has 29 heavy (non-hydrogen) atoms. The van der Waals surface area contributed by atoms with Crippen LogP contribution in [0.2, 0.25) is 0 Å². The Labute approximate surface area is 171 Å². The standard InChI is InChI=1S/C21H18N6OS/c1-13-6-5-7-15(10-13)27-20(17-11-22-18-9-4-3-8-16(17)18)25-26-21(27)29-12-19-24-23-14(2)28-19/h3-11,22H,12H2,1-2H3. The highest BCUT2D eigenvalue weighted by molar-refractivity contribution is 7.98. The summed E-state index contributed by atoms with van der Waals surface area (Å²) in [5, 5.41) is 18.9. The van der Waals surface area contributed by atoms with Crippen LogP contribution in [0.25, 0.3) is 28.0 Å². The Hall–Kier alpha value is -3.39. The van der Waals surface area contributed by atoms with Crippen LogP contribution in [0.3, 0.4) is 0 Å². The van der Waals surface area contributed by atoms with Gasteiger partial charge in [-0.05, 0) is 30.7 Å². The van der Waals surface area contributed by atoms with Gasteiger partial charge >= 0.3 is 0 Å². The van der Waals surface area contributed by atoms with Crippen LogP contribution < -0.4 is 0 Å². The fourth-order valence-electron chi connectivity index (χ4n) is 3.32. The molecule has 0 aliphatic carbocycles. The highest BCUT2D eigenvalue weighted by Gasteiger charge is 2.19. The Morgan fingerprint density at radius 1 is 1.00 bits per heavy atom. The first-order valence-electron chi connectivity index (χ1n) is 9.20. The molecule has 0 saturated carbocycles. The number of fused-ring (bicyclic) bond motifs is 1. The SMILES string of the molecule is Cc1cccc(-n2c(SCc3nnc(C)o3)nnc2-c2c[nH]c3ccccc23)c1. The van der Waals surface area contributed by atoms with E-state index >= 15 is 0 Å². The summed E-state index contributed by atoms with van der Waals surface area (Å²) >= 11 is 1.52. The summed E-state index contributed by atoms with van der Waals surface area (Å²) in [4.78, 5) is 3.33. The van der Waals surface area contributed by atoms with Gasteiger partial charge in [0.15, 0.2) is 11.0 Å². The molecule has 0 unspecified atom stereocenters. The molecule has 144 valence electrons. The van der Waals surface area contributed by atoms with Crippen molar-refractivity contribution in [2.24, 2.45) is 0 Å². The number of benzene rings is 2. The van der Waals surface area contributed by atoms with Crippen molar-refractivity contribution in [2.45, 2.75) is 24.8 Å². The van der Waals surface area contributed by atoms with Crippen LogP contribution in [0.5, 0.6) is 0 Å². The molecule has 5 rings (SSSR count). The molecule has 3 aromatic heterocycles. The average Bonchev–Trinajstić information content (AvgIpc) is 3.43. The normalized spacial score (nSPS) is 11.4. The van der Waals surface area contributed by atoms with Crippen molar-refractivity contribution in [3.63, 3.8) is 0 Å². The van der Waals surface area contributed by atoms with Crippen LogP contribution in [0.1, 0.15) is 17.3 Å². The Morgan fingerprint density at radius 3 is 2.72 bits per heavy atom. The van der Waals surface area contributed by atoms with Crippen molar-refractivity contribution in [2.75, 3.05) is 0 Å². The van der Waals surface area contributed by atoms with Crippen LogP contribution in [0, 0.1) is 13.8 Å². The molecule has 5 aromatic rings. The Balaban J connectivity index is 1.62. The van der Waals surface area contributed by atoms with Gasteiger partial charge in [0, 0.05) is 35.3 Å². The smallest absolute Gasteiger partial charge is 0.226 e. The molecule has 0 aliphatic rings. The predicted molar refractivity (Wildman–Crippen MR) is 112 cm³/mol. The monoisotopic (exact) mass is 402 g/mol. The predicted octanol–water partition coefficient (Wildman–Crippen LogP) is 4.71. The van der Waals surface area contributed by atoms with E-state index in [0.717, 1.165) is 33.1 Å². The van der Waals surface area contributed by atoms with Gasteiger partial charge in [0.1, 0.15) is 0 Å². The molecule has 2 aromatic carbocycles. The maximum absolute atomic E-state index is 5.50. The summed E-state index contributed by atoms with van der Waals surface area (Å²) in [7, 11) is 0. The molecule has 0 amide bonds. The van der Waals surface area contributed by atoms with Crippen LogP contribution in [-0.4, -0.2) is 29.9 Å². The number of para-hydroxylation sites is 1. The number of rotatable bonds is 5. The number of H-pyrrole nitrogens is 1. The van der Waals surface area contributed by atoms with Crippen LogP contribution >= 0.6 is 11.8 Å². The maximum Gasteiger partial charge on any atom is 0.226 e. The quantitative estimate of drug-likeness (QED) is 0.429. The van der Waals surface area contributed by atoms with Gasteiger partial charge in [-0.3, -0.25) is 4.57 Å². The molecule has 0 spiro atoms. The molecule has 0 aliphatic heterocycles. The van der Waals surface area contributed by atoms with Gasteiger partial charge in [-0.2, -0.15) is 0 Å². The highest BCUT2D eigenvalue weighted by atomic mass is 32.2. The molecule has 3 heterocycles. The third kappa shape index (κ3) is 3.31. The van der Waals surface area contributed by atoms with Crippen molar-refractivity contribution < 1.29 is 4.42 Å². The van der Waals surface area contributed by atoms with Crippen LogP contribution in [0.4, 0.5) is 0 Å². The van der Waals surface area contributed by atoms with E-state index in [4.69, 9.17) is 4.42 Å². The molecule has 0 radical (unpaired) electrons. The molecular formula is C21H18N6OS. The molecule has 8 heteroatoms. The van der Waals surface area contributed by atoms with E-state index in [9.17, 15) is 0 Å². The number of thioether (sulfide) groups is 1. The second-order valence-corrected chi connectivity index (χ2v) is 7.67. The minimum atomic E-state index is 0.526. The van der Waals surface area contributed by atoms with E-state index in [0.29, 0.717) is 17.5 Å². The summed E-state index contributed by atoms with van der Waals surface area (Å²) in [6.07, 6.45) is 1.98. The zero-order valence-electron chi connectivity index (χ0n) is 16.0. The number of aromatic nitrogens is 6. The fourth-order valence-corrected chi connectivity index (χ4v) is 4.11. The molecule has 1 N–H and O–H groups in total. The molecule has 0 bridgehead atoms. The van der Waals surface area contributed by atoms with E-state index in [-0.39, 0.29) is 0 Å². The van der Waals surface area contributed by atoms with Crippen molar-refractivity contribution in [3.8, 4) is 17.1 Å². The van der Waals surface area contributed by atoms with E-state index in [1.165, 1.54) is 17.3 Å². The minimum Gasteiger partial charge on any atom is -0.425 e. The molecule has 0 atom stereocenters. The van der Waals surface area contributed by atoms with Crippen molar-refractivity contribution in [1.82, 2.24) is 29.9 Å². The molecule has 0 fully saturated rings. The lowest BCUT2D eigenvalue weighted by atomic mass is 10.1. The lowest BCUT2D eigenvalue weighted by Gasteiger charge is -2.10. The summed E-state index contributed by atoms with van der Waals surface area (Å²) < 4.78 is 7.58. The summed E-state index contributed by atoms with van der Waals surface area (Å²) in [5.74, 6) is 2.44. The fraction of sp³-hybridized carbons (Fsp3) is 0.143. The van der Waals surface area contributed by atoms with Gasteiger partial charge in [-0.25, -0.2) is 0 Å². The van der Waals surface area contributed by atoms with Gasteiger partial charge in [-0.1, -0.05) is 42.1 Å². The van der Waals surface area contributed by atoms with Crippen molar-refractivity contribution >= 4 is 22.7 Å². The number of hydrogen-bond acceptors (Lipinski definition) is 6. The highest BCUT2D eigenvalue weighted by Crippen LogP contribution is 2.33.